The van der Waals surface area contributed by atoms with Crippen molar-refractivity contribution in [2.24, 2.45) is 0 Å². The van der Waals surface area contributed by atoms with Crippen LogP contribution >= 0.6 is 11.3 Å². The molecule has 0 radical (unpaired) electrons. The maximum atomic E-state index is 12.9. The van der Waals surface area contributed by atoms with E-state index in [9.17, 15) is 13.2 Å². The van der Waals surface area contributed by atoms with Gasteiger partial charge in [0.05, 0.1) is 10.9 Å². The van der Waals surface area contributed by atoms with Crippen LogP contribution in [0, 0.1) is 0 Å². The third kappa shape index (κ3) is 5.06. The Morgan fingerprint density at radius 3 is 2.55 bits per heavy atom. The highest BCUT2D eigenvalue weighted by atomic mass is 32.2. The minimum atomic E-state index is -3.52. The minimum absolute atomic E-state index is 0.0111. The van der Waals surface area contributed by atoms with Crippen molar-refractivity contribution >= 4 is 27.3 Å². The van der Waals surface area contributed by atoms with Gasteiger partial charge in [-0.25, -0.2) is 8.42 Å². The second-order valence-corrected chi connectivity index (χ2v) is 10.6. The zero-order valence-electron chi connectivity index (χ0n) is 17.2. The molecular weight excluding hydrogens is 406 g/mol. The van der Waals surface area contributed by atoms with E-state index >= 15 is 0 Å². The van der Waals surface area contributed by atoms with E-state index in [-0.39, 0.29) is 22.9 Å². The van der Waals surface area contributed by atoms with E-state index in [0.29, 0.717) is 18.7 Å². The Balaban J connectivity index is 1.67. The molecule has 2 atom stereocenters. The summed E-state index contributed by atoms with van der Waals surface area (Å²) >= 11 is 1.66. The Kier molecular flexibility index (Phi) is 7.10. The highest BCUT2D eigenvalue weighted by molar-refractivity contribution is 7.89. The first-order chi connectivity index (χ1) is 13.8. The summed E-state index contributed by atoms with van der Waals surface area (Å²) in [5.74, 6) is -0.205. The van der Waals surface area contributed by atoms with Crippen LogP contribution in [0.2, 0.25) is 0 Å². The Bertz CT molecular complexity index is 909. The van der Waals surface area contributed by atoms with Crippen LogP contribution in [0.5, 0.6) is 0 Å². The van der Waals surface area contributed by atoms with Crippen molar-refractivity contribution in [2.45, 2.75) is 43.2 Å². The van der Waals surface area contributed by atoms with Crippen molar-refractivity contribution in [3.63, 3.8) is 0 Å². The maximum Gasteiger partial charge on any atom is 0.251 e. The van der Waals surface area contributed by atoms with Crippen LogP contribution in [0.1, 0.15) is 47.5 Å². The SMILES string of the molecule is C[C@H]1CCCCN1S(=O)(=O)c1ccc(C(=O)NC[C@@H](c2cccs2)N(C)C)cc1. The molecule has 158 valence electrons. The van der Waals surface area contributed by atoms with Crippen LogP contribution in [0.15, 0.2) is 46.7 Å². The topological polar surface area (TPSA) is 69.7 Å². The summed E-state index contributed by atoms with van der Waals surface area (Å²) in [5, 5.41) is 4.99. The molecule has 6 nitrogen and oxygen atoms in total. The number of benzene rings is 1. The Hall–Kier alpha value is -1.74. The van der Waals surface area contributed by atoms with Gasteiger partial charge < -0.3 is 10.2 Å². The summed E-state index contributed by atoms with van der Waals surface area (Å²) in [6, 6.07) is 10.4. The van der Waals surface area contributed by atoms with Crippen LogP contribution < -0.4 is 5.32 Å². The number of sulfonamides is 1. The normalized spacial score (nSPS) is 19.2. The van der Waals surface area contributed by atoms with Crippen molar-refractivity contribution in [3.8, 4) is 0 Å². The molecule has 1 fully saturated rings. The standard InChI is InChI=1S/C21H29N3O3S2/c1-16-7-4-5-13-24(16)29(26,27)18-11-9-17(10-12-18)21(25)22-15-19(23(2)3)20-8-6-14-28-20/h6,8-12,14,16,19H,4-5,7,13,15H2,1-3H3,(H,22,25)/t16-,19-/m0/s1. The quantitative estimate of drug-likeness (QED) is 0.724. The molecule has 1 aromatic heterocycles. The molecule has 0 saturated carbocycles. The second-order valence-electron chi connectivity index (χ2n) is 7.69. The molecule has 1 saturated heterocycles. The Morgan fingerprint density at radius 2 is 1.97 bits per heavy atom. The molecule has 0 aliphatic carbocycles. The van der Waals surface area contributed by atoms with Crippen LogP contribution in [0.3, 0.4) is 0 Å². The lowest BCUT2D eigenvalue weighted by Gasteiger charge is -2.32. The fourth-order valence-corrected chi connectivity index (χ4v) is 6.27. The fourth-order valence-electron chi connectivity index (χ4n) is 3.65. The lowest BCUT2D eigenvalue weighted by Crippen LogP contribution is -2.41. The van der Waals surface area contributed by atoms with Gasteiger partial charge in [0.2, 0.25) is 10.0 Å². The van der Waals surface area contributed by atoms with Gasteiger partial charge in [-0.2, -0.15) is 4.31 Å². The average molecular weight is 436 g/mol. The number of nitrogens with one attached hydrogen (secondary N) is 1. The minimum Gasteiger partial charge on any atom is -0.350 e. The summed E-state index contributed by atoms with van der Waals surface area (Å²) in [7, 11) is 0.444. The molecule has 1 aliphatic heterocycles. The molecule has 2 aromatic rings. The van der Waals surface area contributed by atoms with Crippen LogP contribution in [0.4, 0.5) is 0 Å². The smallest absolute Gasteiger partial charge is 0.251 e. The highest BCUT2D eigenvalue weighted by Crippen LogP contribution is 2.25. The van der Waals surface area contributed by atoms with Crippen molar-refractivity contribution in [3.05, 3.63) is 52.2 Å². The Morgan fingerprint density at radius 1 is 1.24 bits per heavy atom. The van der Waals surface area contributed by atoms with Crippen LogP contribution in [-0.2, 0) is 10.0 Å². The number of amides is 1. The molecule has 8 heteroatoms. The summed E-state index contributed by atoms with van der Waals surface area (Å²) in [5.41, 5.74) is 0.458. The van der Waals surface area contributed by atoms with E-state index in [4.69, 9.17) is 0 Å². The second kappa shape index (κ2) is 9.38. The first-order valence-corrected chi connectivity index (χ1v) is 12.2. The molecule has 0 bridgehead atoms. The van der Waals surface area contributed by atoms with E-state index in [1.165, 1.54) is 17.0 Å². The van der Waals surface area contributed by atoms with Gasteiger partial charge in [0.25, 0.3) is 5.91 Å². The number of hydrogen-bond acceptors (Lipinski definition) is 5. The summed E-state index contributed by atoms with van der Waals surface area (Å²) in [6.07, 6.45) is 2.84. The van der Waals surface area contributed by atoms with Gasteiger partial charge in [-0.05, 0) is 69.6 Å². The predicted octanol–water partition coefficient (Wildman–Crippen LogP) is 3.34. The van der Waals surface area contributed by atoms with E-state index in [2.05, 4.69) is 16.3 Å². The van der Waals surface area contributed by atoms with Crippen molar-refractivity contribution in [2.75, 3.05) is 27.2 Å². The van der Waals surface area contributed by atoms with Crippen molar-refractivity contribution in [1.82, 2.24) is 14.5 Å². The van der Waals surface area contributed by atoms with Gasteiger partial charge in [-0.3, -0.25) is 4.79 Å². The lowest BCUT2D eigenvalue weighted by molar-refractivity contribution is 0.0942. The molecule has 3 rings (SSSR count). The molecule has 1 amide bonds. The largest absolute Gasteiger partial charge is 0.350 e. The molecule has 0 spiro atoms. The van der Waals surface area contributed by atoms with Crippen LogP contribution in [0.25, 0.3) is 0 Å². The van der Waals surface area contributed by atoms with Crippen molar-refractivity contribution < 1.29 is 13.2 Å². The summed E-state index contributed by atoms with van der Waals surface area (Å²) < 4.78 is 27.4. The number of likely N-dealkylation sites (N-methyl/N-ethyl adjacent to an activating group) is 1. The van der Waals surface area contributed by atoms with Gasteiger partial charge in [-0.15, -0.1) is 11.3 Å². The first kappa shape index (κ1) is 22.0. The van der Waals surface area contributed by atoms with E-state index in [1.807, 2.05) is 32.5 Å². The van der Waals surface area contributed by atoms with Gasteiger partial charge in [-0.1, -0.05) is 12.5 Å². The molecule has 29 heavy (non-hydrogen) atoms. The number of carbonyl (C=O) groups excluding carboxylic acids is 1. The lowest BCUT2D eigenvalue weighted by atomic mass is 10.1. The number of nitrogens with zero attached hydrogens (tertiary/aromatic N) is 2. The van der Waals surface area contributed by atoms with Gasteiger partial charge in [0.1, 0.15) is 0 Å². The van der Waals surface area contributed by atoms with E-state index in [0.717, 1.165) is 19.3 Å². The number of rotatable bonds is 7. The highest BCUT2D eigenvalue weighted by Gasteiger charge is 2.31. The predicted molar refractivity (Wildman–Crippen MR) is 117 cm³/mol. The van der Waals surface area contributed by atoms with E-state index in [1.54, 1.807) is 27.8 Å². The Labute approximate surface area is 177 Å². The molecule has 1 N–H and O–H groups in total. The molecule has 0 unspecified atom stereocenters. The summed E-state index contributed by atoms with van der Waals surface area (Å²) in [6.45, 7) is 2.99. The first-order valence-electron chi connectivity index (χ1n) is 9.90. The number of thiophene rings is 1. The third-order valence-electron chi connectivity index (χ3n) is 5.42. The van der Waals surface area contributed by atoms with Crippen LogP contribution in [-0.4, -0.2) is 56.8 Å². The van der Waals surface area contributed by atoms with Gasteiger partial charge >= 0.3 is 0 Å². The molecule has 2 heterocycles. The molecular formula is C21H29N3O3S2. The fraction of sp³-hybridized carbons (Fsp3) is 0.476. The van der Waals surface area contributed by atoms with Gasteiger partial charge in [0.15, 0.2) is 0 Å². The molecule has 1 aromatic carbocycles. The number of hydrogen-bond donors (Lipinski definition) is 1. The van der Waals surface area contributed by atoms with E-state index < -0.39 is 10.0 Å². The van der Waals surface area contributed by atoms with Crippen molar-refractivity contribution in [1.29, 1.82) is 0 Å². The number of carbonyl (C=O) groups is 1. The summed E-state index contributed by atoms with van der Waals surface area (Å²) in [4.78, 5) is 16.1. The average Bonchev–Trinajstić information content (AvgIpc) is 3.22. The zero-order valence-corrected chi connectivity index (χ0v) is 18.8. The van der Waals surface area contributed by atoms with Gasteiger partial charge in [0, 0.05) is 29.6 Å². The monoisotopic (exact) mass is 435 g/mol. The zero-order chi connectivity index (χ0) is 21.0. The molecule has 1 aliphatic rings. The number of piperidine rings is 1. The third-order valence-corrected chi connectivity index (χ3v) is 8.42. The maximum absolute atomic E-state index is 12.9.